The monoisotopic (exact) mass is 797 g/mol. The third kappa shape index (κ3) is 7.76. The minimum atomic E-state index is -1.33. The van der Waals surface area contributed by atoms with Crippen LogP contribution in [0.5, 0.6) is 5.75 Å². The average Bonchev–Trinajstić information content (AvgIpc) is 4.06. The molecule has 4 aromatic carbocycles. The zero-order valence-electron chi connectivity index (χ0n) is 31.6. The Labute approximate surface area is 339 Å². The Morgan fingerprint density at radius 2 is 1.31 bits per heavy atom. The molecule has 2 saturated heterocycles. The van der Waals surface area contributed by atoms with E-state index in [0.29, 0.717) is 83.8 Å². The first-order chi connectivity index (χ1) is 28.2. The van der Waals surface area contributed by atoms with Crippen LogP contribution in [0.3, 0.4) is 0 Å². The van der Waals surface area contributed by atoms with E-state index in [4.69, 9.17) is 20.8 Å². The van der Waals surface area contributed by atoms with E-state index >= 15 is 0 Å². The van der Waals surface area contributed by atoms with E-state index < -0.39 is 24.1 Å². The molecule has 2 fully saturated rings. The van der Waals surface area contributed by atoms with Crippen molar-refractivity contribution in [3.05, 3.63) is 132 Å². The molecule has 0 unspecified atom stereocenters. The summed E-state index contributed by atoms with van der Waals surface area (Å²) in [7, 11) is 1.55. The van der Waals surface area contributed by atoms with Crippen LogP contribution >= 0.6 is 11.6 Å². The van der Waals surface area contributed by atoms with E-state index in [1.807, 2.05) is 42.5 Å². The van der Waals surface area contributed by atoms with E-state index in [1.54, 1.807) is 84.8 Å². The van der Waals surface area contributed by atoms with Gasteiger partial charge >= 0.3 is 0 Å². The topological polar surface area (TPSA) is 154 Å². The summed E-state index contributed by atoms with van der Waals surface area (Å²) in [4.78, 5) is 61.1. The molecule has 58 heavy (non-hydrogen) atoms. The van der Waals surface area contributed by atoms with Crippen molar-refractivity contribution in [2.24, 2.45) is 0 Å². The largest absolute Gasteiger partial charge is 0.496 e. The molecule has 0 aliphatic carbocycles. The molecule has 0 bridgehead atoms. The van der Waals surface area contributed by atoms with Crippen LogP contribution in [0.1, 0.15) is 47.8 Å². The number of rotatable bonds is 10. The van der Waals surface area contributed by atoms with Crippen molar-refractivity contribution in [3.8, 4) is 28.4 Å². The maximum absolute atomic E-state index is 13.8. The number of likely N-dealkylation sites (tertiary alicyclic amines) is 2. The van der Waals surface area contributed by atoms with E-state index in [-0.39, 0.29) is 28.6 Å². The number of fused-ring (bicyclic) bond motifs is 1. The highest BCUT2D eigenvalue weighted by atomic mass is 35.5. The normalized spacial score (nSPS) is 16.9. The summed E-state index contributed by atoms with van der Waals surface area (Å²) >= 11 is 6.32. The van der Waals surface area contributed by atoms with Crippen molar-refractivity contribution in [3.63, 3.8) is 0 Å². The molecule has 8 rings (SSSR count). The molecule has 4 heterocycles. The number of hydrogen-bond acceptors (Lipinski definition) is 8. The van der Waals surface area contributed by atoms with Gasteiger partial charge in [0.25, 0.3) is 11.8 Å². The fourth-order valence-corrected chi connectivity index (χ4v) is 7.94. The molecule has 2 aromatic heterocycles. The molecule has 4 amide bonds. The first-order valence-corrected chi connectivity index (χ1v) is 19.5. The maximum atomic E-state index is 13.8. The lowest BCUT2D eigenvalue weighted by Gasteiger charge is -2.26. The summed E-state index contributed by atoms with van der Waals surface area (Å²) in [5.41, 5.74) is 3.41. The van der Waals surface area contributed by atoms with Crippen LogP contribution < -0.4 is 15.4 Å². The average molecular weight is 798 g/mol. The number of carbonyl (C=O) groups excluding carboxylic acids is 4. The van der Waals surface area contributed by atoms with Gasteiger partial charge in [0.05, 0.1) is 7.11 Å². The first-order valence-electron chi connectivity index (χ1n) is 19.1. The Morgan fingerprint density at radius 3 is 1.90 bits per heavy atom. The Hall–Kier alpha value is -6.50. The Morgan fingerprint density at radius 1 is 0.741 bits per heavy atom. The molecule has 2 aliphatic heterocycles. The number of halogens is 1. The standard InChI is InChI=1S/C45H40ClN5O7/c1-57-38-13-5-10-32-33(38)26-39(46)49-40(32)44(55)50-24-6-11-34(50)42(53)47-30-18-14-27(15-19-30)36-22-23-37(58-36)28-16-20-31(21-17-28)48-43(54)35-12-7-25-51(35)45(56)41(52)29-8-3-2-4-9-29/h2-5,8-10,13-23,26,34-35,41,52H,6-7,11-12,24-25H2,1H3,(H,47,53)(H,48,54)/t34-,35-,41-/m0/s1. The lowest BCUT2D eigenvalue weighted by molar-refractivity contribution is -0.144. The highest BCUT2D eigenvalue weighted by Crippen LogP contribution is 2.33. The number of pyridine rings is 1. The molecular weight excluding hydrogens is 758 g/mol. The highest BCUT2D eigenvalue weighted by molar-refractivity contribution is 6.30. The molecule has 13 heteroatoms. The van der Waals surface area contributed by atoms with Gasteiger partial charge in [0, 0.05) is 46.4 Å². The second kappa shape index (κ2) is 16.5. The zero-order valence-corrected chi connectivity index (χ0v) is 32.3. The van der Waals surface area contributed by atoms with Gasteiger partial charge in [0.2, 0.25) is 11.8 Å². The van der Waals surface area contributed by atoms with Crippen LogP contribution in [0.2, 0.25) is 5.15 Å². The fourth-order valence-electron chi connectivity index (χ4n) is 7.75. The lowest BCUT2D eigenvalue weighted by atomic mass is 10.1. The third-order valence-corrected chi connectivity index (χ3v) is 10.9. The molecule has 3 N–H and O–H groups in total. The number of anilines is 2. The predicted octanol–water partition coefficient (Wildman–Crippen LogP) is 7.73. The molecule has 294 valence electrons. The zero-order chi connectivity index (χ0) is 40.3. The first kappa shape index (κ1) is 38.4. The summed E-state index contributed by atoms with van der Waals surface area (Å²) < 4.78 is 11.7. The van der Waals surface area contributed by atoms with Gasteiger partial charge in [-0.15, -0.1) is 0 Å². The van der Waals surface area contributed by atoms with E-state index in [1.165, 1.54) is 4.90 Å². The van der Waals surface area contributed by atoms with Gasteiger partial charge in [-0.2, -0.15) is 0 Å². The summed E-state index contributed by atoms with van der Waals surface area (Å²) in [6.07, 6.45) is 1.04. The van der Waals surface area contributed by atoms with E-state index in [0.717, 1.165) is 11.1 Å². The molecule has 3 atom stereocenters. The molecule has 0 radical (unpaired) electrons. The predicted molar refractivity (Wildman–Crippen MR) is 220 cm³/mol. The number of hydrogen-bond donors (Lipinski definition) is 3. The van der Waals surface area contributed by atoms with Crippen LogP contribution in [0.4, 0.5) is 11.4 Å². The number of furan rings is 1. The number of methoxy groups -OCH3 is 1. The molecular formula is C45H40ClN5O7. The number of carbonyl (C=O) groups is 4. The molecule has 0 saturated carbocycles. The summed E-state index contributed by atoms with van der Waals surface area (Å²) in [5.74, 6) is 0.366. The lowest BCUT2D eigenvalue weighted by Crippen LogP contribution is -2.45. The van der Waals surface area contributed by atoms with Gasteiger partial charge in [-0.3, -0.25) is 19.2 Å². The van der Waals surface area contributed by atoms with Crippen molar-refractivity contribution in [1.29, 1.82) is 0 Å². The van der Waals surface area contributed by atoms with Gasteiger partial charge in [-0.05, 0) is 104 Å². The molecule has 0 spiro atoms. The Balaban J connectivity index is 0.881. The number of nitrogens with zero attached hydrogens (tertiary/aromatic N) is 3. The minimum absolute atomic E-state index is 0.160. The van der Waals surface area contributed by atoms with Crippen LogP contribution in [-0.4, -0.2) is 75.8 Å². The van der Waals surface area contributed by atoms with Crippen molar-refractivity contribution < 1.29 is 33.4 Å². The summed E-state index contributed by atoms with van der Waals surface area (Å²) in [5, 5.41) is 18.0. The van der Waals surface area contributed by atoms with Crippen molar-refractivity contribution in [1.82, 2.24) is 14.8 Å². The Bertz CT molecular complexity index is 2490. The van der Waals surface area contributed by atoms with E-state index in [2.05, 4.69) is 15.6 Å². The van der Waals surface area contributed by atoms with Crippen LogP contribution in [-0.2, 0) is 14.4 Å². The fraction of sp³-hybridized carbons (Fsp3) is 0.222. The van der Waals surface area contributed by atoms with Gasteiger partial charge in [-0.25, -0.2) is 4.98 Å². The minimum Gasteiger partial charge on any atom is -0.496 e. The quantitative estimate of drug-likeness (QED) is 0.119. The molecule has 6 aromatic rings. The Kier molecular flexibility index (Phi) is 10.9. The number of aromatic nitrogens is 1. The van der Waals surface area contributed by atoms with E-state index in [9.17, 15) is 24.3 Å². The third-order valence-electron chi connectivity index (χ3n) is 10.7. The summed E-state index contributed by atoms with van der Waals surface area (Å²) in [6, 6.07) is 32.6. The number of nitrogens with one attached hydrogen (secondary N) is 2. The SMILES string of the molecule is COc1cccc2c(C(=O)N3CCC[C@H]3C(=O)Nc3ccc(-c4ccc(-c5ccc(NC(=O)[C@@H]6CCCN6C(=O)[C@@H](O)c6ccccc6)cc5)o4)cc3)nc(Cl)cc12. The second-order valence-electron chi connectivity index (χ2n) is 14.3. The van der Waals surface area contributed by atoms with Gasteiger partial charge < -0.3 is 34.7 Å². The number of ether oxygens (including phenoxy) is 1. The van der Waals surface area contributed by atoms with Gasteiger partial charge in [0.1, 0.15) is 40.2 Å². The number of aliphatic hydroxyl groups is 1. The van der Waals surface area contributed by atoms with Crippen LogP contribution in [0.25, 0.3) is 33.4 Å². The van der Waals surface area contributed by atoms with Crippen molar-refractivity contribution in [2.75, 3.05) is 30.8 Å². The highest BCUT2D eigenvalue weighted by Gasteiger charge is 2.38. The summed E-state index contributed by atoms with van der Waals surface area (Å²) in [6.45, 7) is 0.814. The second-order valence-corrected chi connectivity index (χ2v) is 14.7. The maximum Gasteiger partial charge on any atom is 0.273 e. The van der Waals surface area contributed by atoms with Gasteiger partial charge in [-0.1, -0.05) is 54.1 Å². The van der Waals surface area contributed by atoms with Crippen molar-refractivity contribution >= 4 is 57.4 Å². The van der Waals surface area contributed by atoms with Crippen LogP contribution in [0, 0.1) is 0 Å². The number of benzene rings is 4. The number of amides is 4. The van der Waals surface area contributed by atoms with Crippen LogP contribution in [0.15, 0.2) is 120 Å². The van der Waals surface area contributed by atoms with Gasteiger partial charge in [0.15, 0.2) is 6.10 Å². The van der Waals surface area contributed by atoms with Crippen molar-refractivity contribution in [2.45, 2.75) is 43.9 Å². The molecule has 2 aliphatic rings. The number of aliphatic hydroxyl groups excluding tert-OH is 1. The smallest absolute Gasteiger partial charge is 0.273 e. The molecule has 12 nitrogen and oxygen atoms in total.